The average molecular weight is 277 g/mol. The molecular weight excluding hydrogens is 258 g/mol. The minimum atomic E-state index is -0.376. The lowest BCUT2D eigenvalue weighted by Gasteiger charge is -2.18. The second kappa shape index (κ2) is 6.36. The van der Waals surface area contributed by atoms with Gasteiger partial charge in [-0.3, -0.25) is 14.9 Å². The number of nitro benzene ring substituents is 1. The molecule has 0 aromatic heterocycles. The van der Waals surface area contributed by atoms with Gasteiger partial charge in [0.15, 0.2) is 0 Å². The Labute approximate surface area is 117 Å². The molecule has 0 bridgehead atoms. The molecule has 6 nitrogen and oxygen atoms in total. The number of benzene rings is 1. The SMILES string of the molecule is CCCCCNc1cc2c(cc1[N+](=O)[O-])CCC(=O)N2. The maximum atomic E-state index is 11.4. The summed E-state index contributed by atoms with van der Waals surface area (Å²) in [5, 5.41) is 17.0. The smallest absolute Gasteiger partial charge is 0.292 e. The van der Waals surface area contributed by atoms with Crippen molar-refractivity contribution in [3.8, 4) is 0 Å². The van der Waals surface area contributed by atoms with Crippen LogP contribution < -0.4 is 10.6 Å². The van der Waals surface area contributed by atoms with E-state index in [4.69, 9.17) is 0 Å². The number of anilines is 2. The monoisotopic (exact) mass is 277 g/mol. The zero-order valence-electron chi connectivity index (χ0n) is 11.6. The molecule has 1 aromatic rings. The Morgan fingerprint density at radius 3 is 2.85 bits per heavy atom. The van der Waals surface area contributed by atoms with Crippen molar-refractivity contribution < 1.29 is 9.72 Å². The van der Waals surface area contributed by atoms with E-state index in [0.29, 0.717) is 30.8 Å². The van der Waals surface area contributed by atoms with Crippen molar-refractivity contribution in [1.29, 1.82) is 0 Å². The number of hydrogen-bond donors (Lipinski definition) is 2. The molecule has 2 rings (SSSR count). The van der Waals surface area contributed by atoms with Gasteiger partial charge in [0.2, 0.25) is 5.91 Å². The van der Waals surface area contributed by atoms with Crippen LogP contribution in [0.25, 0.3) is 0 Å². The van der Waals surface area contributed by atoms with Crippen LogP contribution in [0.5, 0.6) is 0 Å². The summed E-state index contributed by atoms with van der Waals surface area (Å²) in [4.78, 5) is 22.2. The predicted molar refractivity (Wildman–Crippen MR) is 78.1 cm³/mol. The van der Waals surface area contributed by atoms with Gasteiger partial charge < -0.3 is 10.6 Å². The van der Waals surface area contributed by atoms with E-state index in [1.54, 1.807) is 12.1 Å². The van der Waals surface area contributed by atoms with Crippen LogP contribution in [0.4, 0.5) is 17.1 Å². The van der Waals surface area contributed by atoms with E-state index in [1.165, 1.54) is 0 Å². The lowest BCUT2D eigenvalue weighted by atomic mass is 10.0. The Morgan fingerprint density at radius 2 is 2.15 bits per heavy atom. The van der Waals surface area contributed by atoms with Crippen molar-refractivity contribution in [2.45, 2.75) is 39.0 Å². The molecule has 0 atom stereocenters. The van der Waals surface area contributed by atoms with Gasteiger partial charge in [0.25, 0.3) is 5.69 Å². The number of carbonyl (C=O) groups excluding carboxylic acids is 1. The third kappa shape index (κ3) is 3.26. The number of fused-ring (bicyclic) bond motifs is 1. The van der Waals surface area contributed by atoms with E-state index >= 15 is 0 Å². The second-order valence-electron chi connectivity index (χ2n) is 4.97. The summed E-state index contributed by atoms with van der Waals surface area (Å²) in [5.41, 5.74) is 2.07. The zero-order valence-corrected chi connectivity index (χ0v) is 11.6. The lowest BCUT2D eigenvalue weighted by Crippen LogP contribution is -2.19. The van der Waals surface area contributed by atoms with E-state index in [9.17, 15) is 14.9 Å². The van der Waals surface area contributed by atoms with Gasteiger partial charge in [0.05, 0.1) is 4.92 Å². The highest BCUT2D eigenvalue weighted by molar-refractivity contribution is 5.95. The number of aryl methyl sites for hydroxylation is 1. The molecule has 6 heteroatoms. The first-order chi connectivity index (χ1) is 9.61. The van der Waals surface area contributed by atoms with Crippen LogP contribution in [0.3, 0.4) is 0 Å². The second-order valence-corrected chi connectivity index (χ2v) is 4.97. The molecule has 0 spiro atoms. The van der Waals surface area contributed by atoms with Gasteiger partial charge >= 0.3 is 0 Å². The first-order valence-corrected chi connectivity index (χ1v) is 6.97. The number of rotatable bonds is 6. The molecule has 0 radical (unpaired) electrons. The lowest BCUT2D eigenvalue weighted by molar-refractivity contribution is -0.384. The molecule has 1 heterocycles. The minimum Gasteiger partial charge on any atom is -0.379 e. The van der Waals surface area contributed by atoms with Crippen LogP contribution in [-0.2, 0) is 11.2 Å². The average Bonchev–Trinajstić information content (AvgIpc) is 2.42. The van der Waals surface area contributed by atoms with E-state index in [2.05, 4.69) is 17.6 Å². The van der Waals surface area contributed by atoms with Crippen LogP contribution in [0, 0.1) is 10.1 Å². The summed E-state index contributed by atoms with van der Waals surface area (Å²) in [6.07, 6.45) is 4.09. The Morgan fingerprint density at radius 1 is 1.35 bits per heavy atom. The third-order valence-corrected chi connectivity index (χ3v) is 3.41. The van der Waals surface area contributed by atoms with Crippen molar-refractivity contribution in [3.63, 3.8) is 0 Å². The highest BCUT2D eigenvalue weighted by Gasteiger charge is 2.22. The van der Waals surface area contributed by atoms with Crippen LogP contribution in [0.1, 0.15) is 38.2 Å². The number of carbonyl (C=O) groups is 1. The van der Waals surface area contributed by atoms with Crippen molar-refractivity contribution >= 4 is 23.0 Å². The molecule has 20 heavy (non-hydrogen) atoms. The standard InChI is InChI=1S/C14H19N3O3/c1-2-3-4-7-15-12-9-11-10(5-6-14(18)16-11)8-13(12)17(19)20/h8-9,15H,2-7H2,1H3,(H,16,18). The summed E-state index contributed by atoms with van der Waals surface area (Å²) in [5.74, 6) is -0.0386. The number of hydrogen-bond acceptors (Lipinski definition) is 4. The zero-order chi connectivity index (χ0) is 14.5. The topological polar surface area (TPSA) is 84.3 Å². The molecule has 2 N–H and O–H groups in total. The highest BCUT2D eigenvalue weighted by Crippen LogP contribution is 2.34. The van der Waals surface area contributed by atoms with Crippen LogP contribution in [0.15, 0.2) is 12.1 Å². The molecular formula is C14H19N3O3. The predicted octanol–water partition coefficient (Wildman–Crippen LogP) is 3.08. The van der Waals surface area contributed by atoms with Gasteiger partial charge in [-0.25, -0.2) is 0 Å². The Hall–Kier alpha value is -2.11. The molecule has 1 aliphatic heterocycles. The summed E-state index contributed by atoms with van der Waals surface area (Å²) >= 11 is 0. The largest absolute Gasteiger partial charge is 0.379 e. The van der Waals surface area contributed by atoms with Gasteiger partial charge in [-0.2, -0.15) is 0 Å². The van der Waals surface area contributed by atoms with Crippen LogP contribution in [0.2, 0.25) is 0 Å². The molecule has 1 aliphatic rings. The number of nitro groups is 1. The van der Waals surface area contributed by atoms with Crippen LogP contribution >= 0.6 is 0 Å². The molecule has 1 aromatic carbocycles. The fourth-order valence-corrected chi connectivity index (χ4v) is 2.31. The van der Waals surface area contributed by atoms with Gasteiger partial charge in [0.1, 0.15) is 5.69 Å². The van der Waals surface area contributed by atoms with Gasteiger partial charge in [0, 0.05) is 24.7 Å². The third-order valence-electron chi connectivity index (χ3n) is 3.41. The number of nitrogens with zero attached hydrogens (tertiary/aromatic N) is 1. The highest BCUT2D eigenvalue weighted by atomic mass is 16.6. The summed E-state index contributed by atoms with van der Waals surface area (Å²) in [6, 6.07) is 3.24. The normalized spacial score (nSPS) is 13.6. The molecule has 108 valence electrons. The minimum absolute atomic E-state index is 0.0386. The Balaban J connectivity index is 2.21. The maximum Gasteiger partial charge on any atom is 0.292 e. The van der Waals surface area contributed by atoms with Crippen molar-refractivity contribution in [2.24, 2.45) is 0 Å². The fourth-order valence-electron chi connectivity index (χ4n) is 2.31. The first-order valence-electron chi connectivity index (χ1n) is 6.97. The molecule has 0 saturated carbocycles. The Bertz CT molecular complexity index is 529. The molecule has 0 fully saturated rings. The van der Waals surface area contributed by atoms with Crippen molar-refractivity contribution in [1.82, 2.24) is 0 Å². The quantitative estimate of drug-likeness (QED) is 0.475. The summed E-state index contributed by atoms with van der Waals surface area (Å²) in [6.45, 7) is 2.80. The molecule has 1 amide bonds. The van der Waals surface area contributed by atoms with Gasteiger partial charge in [-0.15, -0.1) is 0 Å². The van der Waals surface area contributed by atoms with E-state index in [0.717, 1.165) is 24.8 Å². The molecule has 0 unspecified atom stereocenters. The summed E-state index contributed by atoms with van der Waals surface area (Å²) in [7, 11) is 0. The number of unbranched alkanes of at least 4 members (excludes halogenated alkanes) is 2. The van der Waals surface area contributed by atoms with Gasteiger partial charge in [-0.05, 0) is 24.5 Å². The summed E-state index contributed by atoms with van der Waals surface area (Å²) < 4.78 is 0. The fraction of sp³-hybridized carbons (Fsp3) is 0.500. The first kappa shape index (κ1) is 14.3. The van der Waals surface area contributed by atoms with Gasteiger partial charge in [-0.1, -0.05) is 19.8 Å². The van der Waals surface area contributed by atoms with E-state index in [-0.39, 0.29) is 16.5 Å². The van der Waals surface area contributed by atoms with Crippen LogP contribution in [-0.4, -0.2) is 17.4 Å². The molecule has 0 aliphatic carbocycles. The molecule has 0 saturated heterocycles. The maximum absolute atomic E-state index is 11.4. The number of nitrogens with one attached hydrogen (secondary N) is 2. The van der Waals surface area contributed by atoms with E-state index < -0.39 is 0 Å². The Kier molecular flexibility index (Phi) is 4.55. The number of amides is 1. The van der Waals surface area contributed by atoms with Crippen molar-refractivity contribution in [2.75, 3.05) is 17.2 Å². The van der Waals surface area contributed by atoms with Crippen molar-refractivity contribution in [3.05, 3.63) is 27.8 Å². The van der Waals surface area contributed by atoms with E-state index in [1.807, 2.05) is 0 Å².